The molecule has 0 amide bonds. The zero-order valence-electron chi connectivity index (χ0n) is 14.6. The van der Waals surface area contributed by atoms with E-state index >= 15 is 0 Å². The van der Waals surface area contributed by atoms with Crippen molar-refractivity contribution in [1.29, 1.82) is 0 Å². The minimum Gasteiger partial charge on any atom is -0.467 e. The van der Waals surface area contributed by atoms with E-state index in [1.807, 2.05) is 12.1 Å². The predicted molar refractivity (Wildman–Crippen MR) is 97.2 cm³/mol. The number of ether oxygens (including phenoxy) is 3. The third-order valence-corrected chi connectivity index (χ3v) is 7.19. The number of esters is 1. The summed E-state index contributed by atoms with van der Waals surface area (Å²) in [4.78, 5) is 12.9. The topological polar surface area (TPSA) is 44.8 Å². The van der Waals surface area contributed by atoms with E-state index in [-0.39, 0.29) is 24.2 Å². The fourth-order valence-corrected chi connectivity index (χ4v) is 7.01. The molecule has 0 saturated heterocycles. The molecular weight excluding hydrogens is 375 g/mol. The smallest absolute Gasteiger partial charge is 0.312 e. The molecule has 4 fully saturated rings. The zero-order valence-corrected chi connectivity index (χ0v) is 16.1. The lowest BCUT2D eigenvalue weighted by Crippen LogP contribution is -2.56. The Hall–Kier alpha value is -0.970. The molecule has 0 spiro atoms. The van der Waals surface area contributed by atoms with E-state index in [1.165, 1.54) is 6.42 Å². The highest BCUT2D eigenvalue weighted by molar-refractivity contribution is 6.30. The summed E-state index contributed by atoms with van der Waals surface area (Å²) >= 11 is 13.0. The van der Waals surface area contributed by atoms with Crippen molar-refractivity contribution in [3.05, 3.63) is 28.3 Å². The van der Waals surface area contributed by atoms with E-state index in [2.05, 4.69) is 0 Å². The number of carbonyl (C=O) groups excluding carboxylic acids is 1. The van der Waals surface area contributed by atoms with Gasteiger partial charge in [-0.2, -0.15) is 0 Å². The molecule has 6 rings (SSSR count). The lowest BCUT2D eigenvalue weighted by Gasteiger charge is -2.58. The van der Waals surface area contributed by atoms with Crippen molar-refractivity contribution in [2.45, 2.75) is 56.6 Å². The maximum absolute atomic E-state index is 13.1. The van der Waals surface area contributed by atoms with E-state index in [0.29, 0.717) is 23.5 Å². The van der Waals surface area contributed by atoms with E-state index in [0.717, 1.165) is 49.0 Å². The monoisotopic (exact) mass is 396 g/mol. The Kier molecular flexibility index (Phi) is 3.97. The lowest BCUT2D eigenvalue weighted by atomic mass is 9.49. The van der Waals surface area contributed by atoms with Gasteiger partial charge in [0, 0.05) is 21.0 Å². The molecule has 5 aliphatic rings. The van der Waals surface area contributed by atoms with Gasteiger partial charge in [-0.05, 0) is 62.5 Å². The molecule has 2 atom stereocenters. The lowest BCUT2D eigenvalue weighted by molar-refractivity contribution is -0.171. The quantitative estimate of drug-likeness (QED) is 0.542. The summed E-state index contributed by atoms with van der Waals surface area (Å²) in [5, 5.41) is 0.596. The molecule has 0 N–H and O–H groups in total. The van der Waals surface area contributed by atoms with Crippen molar-refractivity contribution in [1.82, 2.24) is 0 Å². The first kappa shape index (κ1) is 17.2. The van der Waals surface area contributed by atoms with Gasteiger partial charge in [0.15, 0.2) is 6.79 Å². The van der Waals surface area contributed by atoms with Gasteiger partial charge in [-0.1, -0.05) is 11.6 Å². The normalized spacial score (nSPS) is 37.2. The van der Waals surface area contributed by atoms with Crippen LogP contribution in [0.15, 0.2) is 12.1 Å². The first-order valence-corrected chi connectivity index (χ1v) is 10.1. The first-order chi connectivity index (χ1) is 12.4. The number of halogens is 2. The Morgan fingerprint density at radius 2 is 2.00 bits per heavy atom. The summed E-state index contributed by atoms with van der Waals surface area (Å²) < 4.78 is 16.7. The molecule has 0 radical (unpaired) electrons. The fraction of sp³-hybridized carbons (Fsp3) is 0.650. The maximum atomic E-state index is 13.1. The predicted octanol–water partition coefficient (Wildman–Crippen LogP) is 4.83. The number of alkyl halides is 1. The highest BCUT2D eigenvalue weighted by Gasteiger charge is 2.60. The minimum absolute atomic E-state index is 0.0996. The molecule has 140 valence electrons. The summed E-state index contributed by atoms with van der Waals surface area (Å²) in [7, 11) is 0. The molecular formula is C20H22Cl2O4. The molecule has 1 heterocycles. The summed E-state index contributed by atoms with van der Waals surface area (Å²) in [5.41, 5.74) is 1.30. The molecule has 6 heteroatoms. The molecule has 0 aromatic heterocycles. The number of benzene rings is 1. The van der Waals surface area contributed by atoms with Crippen LogP contribution in [0.2, 0.25) is 5.02 Å². The van der Waals surface area contributed by atoms with Crippen molar-refractivity contribution in [3.63, 3.8) is 0 Å². The van der Waals surface area contributed by atoms with E-state index in [4.69, 9.17) is 37.4 Å². The molecule has 4 bridgehead atoms. The van der Waals surface area contributed by atoms with E-state index < -0.39 is 5.41 Å². The Morgan fingerprint density at radius 3 is 2.73 bits per heavy atom. The fourth-order valence-electron chi connectivity index (χ4n) is 6.05. The Morgan fingerprint density at radius 1 is 1.23 bits per heavy atom. The van der Waals surface area contributed by atoms with E-state index in [9.17, 15) is 4.79 Å². The number of carbonyl (C=O) groups is 1. The molecule has 4 saturated carbocycles. The molecule has 1 aromatic carbocycles. The molecule has 4 aliphatic carbocycles. The van der Waals surface area contributed by atoms with Gasteiger partial charge in [-0.15, -0.1) is 11.6 Å². The number of hydrogen-bond donors (Lipinski definition) is 0. The van der Waals surface area contributed by atoms with Gasteiger partial charge in [0.2, 0.25) is 0 Å². The van der Waals surface area contributed by atoms with E-state index in [1.54, 1.807) is 0 Å². The first-order valence-electron chi connectivity index (χ1n) is 9.33. The molecule has 1 aliphatic heterocycles. The standard InChI is InChI=1S/C20H22Cl2O4/c21-16-2-14-8-24-11-26-17(14)15(3-16)9-25-18(23)19-4-12-1-13(5-19)7-20(22,6-12)10-19/h2-3,12-13H,1,4-11H2. The van der Waals surface area contributed by atoms with Crippen LogP contribution in [0.3, 0.4) is 0 Å². The van der Waals surface area contributed by atoms with Crippen LogP contribution in [0.1, 0.15) is 49.7 Å². The van der Waals surface area contributed by atoms with Crippen LogP contribution in [0.25, 0.3) is 0 Å². The highest BCUT2D eigenvalue weighted by atomic mass is 35.5. The van der Waals surface area contributed by atoms with Gasteiger partial charge in [0.1, 0.15) is 12.4 Å². The van der Waals surface area contributed by atoms with Crippen molar-refractivity contribution < 1.29 is 19.0 Å². The Labute approximate surface area is 163 Å². The second-order valence-corrected chi connectivity index (χ2v) is 9.87. The second kappa shape index (κ2) is 6.02. The molecule has 26 heavy (non-hydrogen) atoms. The highest BCUT2D eigenvalue weighted by Crippen LogP contribution is 2.64. The Balaban J connectivity index is 1.35. The number of fused-ring (bicyclic) bond motifs is 1. The van der Waals surface area contributed by atoms with Gasteiger partial charge >= 0.3 is 5.97 Å². The van der Waals surface area contributed by atoms with Gasteiger partial charge in [-0.25, -0.2) is 0 Å². The van der Waals surface area contributed by atoms with Crippen LogP contribution in [-0.2, 0) is 27.5 Å². The maximum Gasteiger partial charge on any atom is 0.312 e. The summed E-state index contributed by atoms with van der Waals surface area (Å²) in [6.45, 7) is 0.838. The SMILES string of the molecule is O=C(OCc1cc(Cl)cc2c1OCOC2)C12CC3CC(CC(Cl)(C3)C1)C2. The van der Waals surface area contributed by atoms with Crippen molar-refractivity contribution in [2.24, 2.45) is 17.3 Å². The molecule has 4 nitrogen and oxygen atoms in total. The Bertz CT molecular complexity index is 748. The van der Waals surface area contributed by atoms with Gasteiger partial charge in [0.05, 0.1) is 12.0 Å². The van der Waals surface area contributed by atoms with Crippen LogP contribution in [0.5, 0.6) is 5.75 Å². The van der Waals surface area contributed by atoms with Crippen LogP contribution in [-0.4, -0.2) is 17.6 Å². The third-order valence-electron chi connectivity index (χ3n) is 6.53. The van der Waals surface area contributed by atoms with Crippen LogP contribution in [0, 0.1) is 17.3 Å². The molecule has 2 unspecified atom stereocenters. The van der Waals surface area contributed by atoms with Gasteiger partial charge in [-0.3, -0.25) is 4.79 Å². The van der Waals surface area contributed by atoms with Crippen molar-refractivity contribution in [2.75, 3.05) is 6.79 Å². The van der Waals surface area contributed by atoms with Gasteiger partial charge in [0.25, 0.3) is 0 Å². The summed E-state index contributed by atoms with van der Waals surface area (Å²) in [5.74, 6) is 1.77. The zero-order chi connectivity index (χ0) is 17.9. The number of hydrogen-bond acceptors (Lipinski definition) is 4. The van der Waals surface area contributed by atoms with Crippen LogP contribution < -0.4 is 4.74 Å². The van der Waals surface area contributed by atoms with Crippen LogP contribution >= 0.6 is 23.2 Å². The third kappa shape index (κ3) is 2.81. The summed E-state index contributed by atoms with van der Waals surface area (Å²) in [6.07, 6.45) is 5.93. The van der Waals surface area contributed by atoms with Crippen molar-refractivity contribution >= 4 is 29.2 Å². The average Bonchev–Trinajstić information content (AvgIpc) is 2.57. The van der Waals surface area contributed by atoms with Crippen LogP contribution in [0.4, 0.5) is 0 Å². The molecule has 1 aromatic rings. The summed E-state index contributed by atoms with van der Waals surface area (Å²) in [6, 6.07) is 3.64. The van der Waals surface area contributed by atoms with Gasteiger partial charge < -0.3 is 14.2 Å². The van der Waals surface area contributed by atoms with Crippen molar-refractivity contribution in [3.8, 4) is 5.75 Å². The second-order valence-electron chi connectivity index (χ2n) is 8.63. The number of rotatable bonds is 3. The minimum atomic E-state index is -0.394. The largest absolute Gasteiger partial charge is 0.467 e. The average molecular weight is 397 g/mol.